The fraction of sp³-hybridized carbons (Fsp3) is 0.385. The van der Waals surface area contributed by atoms with E-state index in [1.807, 2.05) is 66.2 Å². The fourth-order valence-corrected chi connectivity index (χ4v) is 5.58. The van der Waals surface area contributed by atoms with Crippen molar-refractivity contribution in [3.05, 3.63) is 62.2 Å². The molecule has 4 rings (SSSR count). The molecule has 0 radical (unpaired) electrons. The highest BCUT2D eigenvalue weighted by Crippen LogP contribution is 2.39. The average molecular weight is 608 g/mol. The average Bonchev–Trinajstić information content (AvgIpc) is 3.03. The molecule has 1 heterocycles. The number of likely N-dealkylation sites (N-methyl/N-ethyl adjacent to an activating group) is 1. The number of thiocarbonyl (C=S) groups is 1. The minimum Gasteiger partial charge on any atom is -0.490 e. The Morgan fingerprint density at radius 1 is 1.09 bits per heavy atom. The lowest BCUT2D eigenvalue weighted by molar-refractivity contribution is -0.124. The summed E-state index contributed by atoms with van der Waals surface area (Å²) in [5, 5.41) is 0.585. The molecule has 0 unspecified atom stereocenters. The third-order valence-electron chi connectivity index (χ3n) is 6.16. The lowest BCUT2D eigenvalue weighted by atomic mass is 9.94. The fourth-order valence-electron chi connectivity index (χ4n) is 4.41. The maximum absolute atomic E-state index is 13.3. The molecule has 2 fully saturated rings. The van der Waals surface area contributed by atoms with Crippen LogP contribution in [0.15, 0.2) is 51.0 Å². The highest BCUT2D eigenvalue weighted by atomic mass is 79.9. The Hall–Kier alpha value is -1.90. The van der Waals surface area contributed by atoms with Crippen LogP contribution in [-0.4, -0.2) is 40.5 Å². The molecule has 0 N–H and O–H groups in total. The largest absolute Gasteiger partial charge is 0.490 e. The van der Waals surface area contributed by atoms with Crippen LogP contribution < -0.4 is 9.47 Å². The van der Waals surface area contributed by atoms with Crippen LogP contribution in [0.2, 0.25) is 0 Å². The molecule has 1 aliphatic carbocycles. The second kappa shape index (κ2) is 11.2. The number of hydrogen-bond acceptors (Lipinski definition) is 4. The minimum absolute atomic E-state index is 0.0240. The zero-order valence-corrected chi connectivity index (χ0v) is 23.3. The normalized spacial score (nSPS) is 18.2. The van der Waals surface area contributed by atoms with Crippen molar-refractivity contribution in [1.82, 2.24) is 9.80 Å². The Balaban J connectivity index is 1.59. The van der Waals surface area contributed by atoms with E-state index in [9.17, 15) is 4.79 Å². The van der Waals surface area contributed by atoms with E-state index < -0.39 is 0 Å². The van der Waals surface area contributed by atoms with E-state index in [1.165, 1.54) is 6.42 Å². The van der Waals surface area contributed by atoms with Gasteiger partial charge in [-0.3, -0.25) is 9.69 Å². The first-order valence-electron chi connectivity index (χ1n) is 11.6. The van der Waals surface area contributed by atoms with Crippen molar-refractivity contribution in [2.75, 3.05) is 13.7 Å². The lowest BCUT2D eigenvalue weighted by Crippen LogP contribution is -2.41. The number of carbonyl (C=O) groups excluding carboxylic acids is 1. The predicted octanol–water partition coefficient (Wildman–Crippen LogP) is 6.92. The zero-order valence-electron chi connectivity index (χ0n) is 19.4. The van der Waals surface area contributed by atoms with Crippen LogP contribution in [-0.2, 0) is 11.4 Å². The lowest BCUT2D eigenvalue weighted by Gasteiger charge is -2.30. The van der Waals surface area contributed by atoms with Crippen LogP contribution in [0.25, 0.3) is 6.08 Å². The summed E-state index contributed by atoms with van der Waals surface area (Å²) in [6.07, 6.45) is 7.42. The van der Waals surface area contributed by atoms with Gasteiger partial charge in [0.15, 0.2) is 16.6 Å². The van der Waals surface area contributed by atoms with E-state index >= 15 is 0 Å². The number of rotatable bonds is 7. The Kier molecular flexibility index (Phi) is 8.32. The van der Waals surface area contributed by atoms with Crippen molar-refractivity contribution >= 4 is 61.2 Å². The van der Waals surface area contributed by atoms with E-state index in [1.54, 1.807) is 0 Å². The van der Waals surface area contributed by atoms with Gasteiger partial charge in [0, 0.05) is 17.6 Å². The third kappa shape index (κ3) is 5.50. The molecule has 0 atom stereocenters. The molecule has 0 aromatic heterocycles. The van der Waals surface area contributed by atoms with Crippen molar-refractivity contribution in [2.24, 2.45) is 0 Å². The van der Waals surface area contributed by atoms with Gasteiger partial charge in [-0.2, -0.15) is 0 Å². The summed E-state index contributed by atoms with van der Waals surface area (Å²) in [7, 11) is 1.86. The highest BCUT2D eigenvalue weighted by molar-refractivity contribution is 9.10. The number of halogens is 2. The summed E-state index contributed by atoms with van der Waals surface area (Å²) >= 11 is 12.7. The first kappa shape index (κ1) is 25.2. The second-order valence-corrected chi connectivity index (χ2v) is 10.7. The number of carbonyl (C=O) groups is 1. The van der Waals surface area contributed by atoms with Crippen LogP contribution in [0.5, 0.6) is 11.5 Å². The van der Waals surface area contributed by atoms with Gasteiger partial charge in [-0.15, -0.1) is 0 Å². The Bertz CT molecular complexity index is 1100. The number of nitrogens with zero attached hydrogens (tertiary/aromatic N) is 2. The van der Waals surface area contributed by atoms with Gasteiger partial charge in [0.1, 0.15) is 12.3 Å². The first-order chi connectivity index (χ1) is 16.4. The number of benzene rings is 2. The maximum atomic E-state index is 13.3. The zero-order chi connectivity index (χ0) is 24.2. The van der Waals surface area contributed by atoms with Gasteiger partial charge in [0.05, 0.1) is 11.1 Å². The van der Waals surface area contributed by atoms with E-state index in [4.69, 9.17) is 21.7 Å². The molecule has 1 amide bonds. The number of hydrogen-bond donors (Lipinski definition) is 0. The molecule has 1 aliphatic heterocycles. The SMILES string of the molecule is CCOc1cc(/C=C2/C(=O)N(C3CCCCC3)C(=S)N2C)cc(Br)c1OCc1ccc(Br)cc1. The van der Waals surface area contributed by atoms with E-state index in [2.05, 4.69) is 31.9 Å². The topological polar surface area (TPSA) is 42.0 Å². The Labute approximate surface area is 223 Å². The van der Waals surface area contributed by atoms with Gasteiger partial charge in [0.25, 0.3) is 5.91 Å². The van der Waals surface area contributed by atoms with Gasteiger partial charge in [0.2, 0.25) is 0 Å². The van der Waals surface area contributed by atoms with Gasteiger partial charge >= 0.3 is 0 Å². The van der Waals surface area contributed by atoms with Crippen LogP contribution in [0.3, 0.4) is 0 Å². The van der Waals surface area contributed by atoms with Crippen molar-refractivity contribution in [2.45, 2.75) is 51.7 Å². The predicted molar refractivity (Wildman–Crippen MR) is 146 cm³/mol. The minimum atomic E-state index is -0.0240. The van der Waals surface area contributed by atoms with E-state index in [0.717, 1.165) is 45.8 Å². The summed E-state index contributed by atoms with van der Waals surface area (Å²) in [4.78, 5) is 17.0. The molecule has 0 spiro atoms. The van der Waals surface area contributed by atoms with E-state index in [-0.39, 0.29) is 11.9 Å². The Morgan fingerprint density at radius 2 is 1.79 bits per heavy atom. The van der Waals surface area contributed by atoms with Crippen molar-refractivity contribution in [3.8, 4) is 11.5 Å². The molecule has 8 heteroatoms. The number of amides is 1. The van der Waals surface area contributed by atoms with Crippen molar-refractivity contribution in [3.63, 3.8) is 0 Å². The van der Waals surface area contributed by atoms with Crippen molar-refractivity contribution < 1.29 is 14.3 Å². The van der Waals surface area contributed by atoms with Gasteiger partial charge in [-0.25, -0.2) is 0 Å². The molecule has 2 aliphatic rings. The monoisotopic (exact) mass is 606 g/mol. The molecule has 5 nitrogen and oxygen atoms in total. The van der Waals surface area contributed by atoms with Crippen LogP contribution >= 0.6 is 44.1 Å². The summed E-state index contributed by atoms with van der Waals surface area (Å²) in [6, 6.07) is 12.1. The third-order valence-corrected chi connectivity index (χ3v) is 7.75. The summed E-state index contributed by atoms with van der Waals surface area (Å²) in [5.74, 6) is 1.24. The molecule has 180 valence electrons. The quantitative estimate of drug-likeness (QED) is 0.252. The standard InChI is InChI=1S/C26H28Br2N2O3S/c1-3-32-23-15-18(13-21(28)24(23)33-16-17-9-11-19(27)12-10-17)14-22-25(31)30(26(34)29(22)2)20-7-5-4-6-8-20/h9-15,20H,3-8,16H2,1-2H3/b22-14-. The van der Waals surface area contributed by atoms with E-state index in [0.29, 0.717) is 35.5 Å². The molecule has 0 bridgehead atoms. The molecule has 2 aromatic carbocycles. The summed E-state index contributed by atoms with van der Waals surface area (Å²) in [6.45, 7) is 2.85. The Morgan fingerprint density at radius 3 is 2.47 bits per heavy atom. The molecule has 2 aromatic rings. The van der Waals surface area contributed by atoms with Gasteiger partial charge < -0.3 is 14.4 Å². The smallest absolute Gasteiger partial charge is 0.277 e. The molecule has 1 saturated heterocycles. The van der Waals surface area contributed by atoms with Crippen LogP contribution in [0, 0.1) is 0 Å². The maximum Gasteiger partial charge on any atom is 0.277 e. The van der Waals surface area contributed by atoms with Crippen molar-refractivity contribution in [1.29, 1.82) is 0 Å². The van der Waals surface area contributed by atoms with Crippen LogP contribution in [0.1, 0.15) is 50.2 Å². The molecule has 1 saturated carbocycles. The molecule has 34 heavy (non-hydrogen) atoms. The summed E-state index contributed by atoms with van der Waals surface area (Å²) < 4.78 is 13.8. The molecular formula is C26H28Br2N2O3S. The highest BCUT2D eigenvalue weighted by Gasteiger charge is 2.40. The first-order valence-corrected chi connectivity index (χ1v) is 13.5. The summed E-state index contributed by atoms with van der Waals surface area (Å²) in [5.41, 5.74) is 2.47. The molecular weight excluding hydrogens is 580 g/mol. The van der Waals surface area contributed by atoms with Crippen LogP contribution in [0.4, 0.5) is 0 Å². The second-order valence-electron chi connectivity index (χ2n) is 8.52. The van der Waals surface area contributed by atoms with Gasteiger partial charge in [-0.1, -0.05) is 47.3 Å². The number of ether oxygens (including phenoxy) is 2. The van der Waals surface area contributed by atoms with Gasteiger partial charge in [-0.05, 0) is 89.4 Å².